The highest BCUT2D eigenvalue weighted by Crippen LogP contribution is 2.22. The SMILES string of the molecule is CC(c1ncc[nH]1)N(Cc1ccc2nc(C(=O)O)[nH]c(=O)c2c1)Cc1ncc[nH]1. The number of rotatable bonds is 7. The van der Waals surface area contributed by atoms with Crippen molar-refractivity contribution in [1.82, 2.24) is 34.8 Å². The van der Waals surface area contributed by atoms with Crippen molar-refractivity contribution in [3.05, 3.63) is 76.4 Å². The van der Waals surface area contributed by atoms with Crippen LogP contribution in [-0.2, 0) is 13.1 Å². The van der Waals surface area contributed by atoms with Crippen LogP contribution in [0.3, 0.4) is 0 Å². The highest BCUT2D eigenvalue weighted by molar-refractivity contribution is 5.87. The van der Waals surface area contributed by atoms with E-state index in [1.807, 2.05) is 13.0 Å². The van der Waals surface area contributed by atoms with Gasteiger partial charge in [0.15, 0.2) is 0 Å². The number of carbonyl (C=O) groups is 1. The van der Waals surface area contributed by atoms with Crippen LogP contribution in [-0.4, -0.2) is 45.9 Å². The fourth-order valence-electron chi connectivity index (χ4n) is 3.21. The number of imidazole rings is 2. The molecule has 0 aliphatic carbocycles. The Morgan fingerprint density at radius 2 is 1.97 bits per heavy atom. The van der Waals surface area contributed by atoms with E-state index in [-0.39, 0.29) is 11.9 Å². The molecular formula is C19H19N7O3. The molecule has 3 heterocycles. The predicted octanol–water partition coefficient (Wildman–Crippen LogP) is 1.83. The third-order valence-electron chi connectivity index (χ3n) is 4.73. The van der Waals surface area contributed by atoms with Crippen LogP contribution < -0.4 is 5.56 Å². The van der Waals surface area contributed by atoms with Gasteiger partial charge in [-0.2, -0.15) is 0 Å². The Labute approximate surface area is 164 Å². The summed E-state index contributed by atoms with van der Waals surface area (Å²) in [5.41, 5.74) is 0.746. The van der Waals surface area contributed by atoms with Gasteiger partial charge in [-0.25, -0.2) is 19.7 Å². The molecule has 0 saturated heterocycles. The van der Waals surface area contributed by atoms with E-state index in [4.69, 9.17) is 5.11 Å². The number of hydrogen-bond acceptors (Lipinski definition) is 6. The average Bonchev–Trinajstić information content (AvgIpc) is 3.41. The Hall–Kier alpha value is -3.79. The minimum Gasteiger partial charge on any atom is -0.475 e. The molecule has 4 N–H and O–H groups in total. The number of H-pyrrole nitrogens is 3. The lowest BCUT2D eigenvalue weighted by atomic mass is 10.1. The minimum absolute atomic E-state index is 0.0309. The summed E-state index contributed by atoms with van der Waals surface area (Å²) >= 11 is 0. The number of benzene rings is 1. The molecule has 148 valence electrons. The molecule has 0 spiro atoms. The van der Waals surface area contributed by atoms with Gasteiger partial charge in [-0.3, -0.25) is 9.69 Å². The van der Waals surface area contributed by atoms with Gasteiger partial charge in [0.1, 0.15) is 11.6 Å². The molecular weight excluding hydrogens is 374 g/mol. The molecule has 4 aromatic rings. The monoisotopic (exact) mass is 393 g/mol. The maximum atomic E-state index is 12.3. The van der Waals surface area contributed by atoms with Gasteiger partial charge in [0.25, 0.3) is 5.56 Å². The first-order valence-corrected chi connectivity index (χ1v) is 8.99. The second-order valence-corrected chi connectivity index (χ2v) is 6.66. The zero-order valence-electron chi connectivity index (χ0n) is 15.6. The van der Waals surface area contributed by atoms with E-state index < -0.39 is 11.5 Å². The van der Waals surface area contributed by atoms with Crippen molar-refractivity contribution in [3.63, 3.8) is 0 Å². The van der Waals surface area contributed by atoms with Crippen molar-refractivity contribution >= 4 is 16.9 Å². The quantitative estimate of drug-likeness (QED) is 0.375. The van der Waals surface area contributed by atoms with Crippen LogP contribution in [0.25, 0.3) is 10.9 Å². The van der Waals surface area contributed by atoms with Crippen LogP contribution in [0.15, 0.2) is 47.8 Å². The van der Waals surface area contributed by atoms with E-state index in [1.54, 1.807) is 36.9 Å². The Kier molecular flexibility index (Phi) is 4.92. The van der Waals surface area contributed by atoms with E-state index >= 15 is 0 Å². The fourth-order valence-corrected chi connectivity index (χ4v) is 3.21. The summed E-state index contributed by atoms with van der Waals surface area (Å²) in [5.74, 6) is -0.0103. The van der Waals surface area contributed by atoms with Gasteiger partial charge in [-0.1, -0.05) is 6.07 Å². The molecule has 0 aliphatic heterocycles. The summed E-state index contributed by atoms with van der Waals surface area (Å²) in [6.45, 7) is 3.12. The summed E-state index contributed by atoms with van der Waals surface area (Å²) in [7, 11) is 0. The Balaban J connectivity index is 1.66. The van der Waals surface area contributed by atoms with Gasteiger partial charge in [-0.15, -0.1) is 0 Å². The van der Waals surface area contributed by atoms with E-state index in [9.17, 15) is 9.59 Å². The maximum Gasteiger partial charge on any atom is 0.372 e. The van der Waals surface area contributed by atoms with E-state index in [0.29, 0.717) is 24.0 Å². The lowest BCUT2D eigenvalue weighted by molar-refractivity contribution is 0.0683. The summed E-state index contributed by atoms with van der Waals surface area (Å²) in [4.78, 5) is 46.8. The van der Waals surface area contributed by atoms with Gasteiger partial charge in [0, 0.05) is 31.3 Å². The first kappa shape index (κ1) is 18.6. The Morgan fingerprint density at radius 1 is 1.17 bits per heavy atom. The number of aromatic nitrogens is 6. The largest absolute Gasteiger partial charge is 0.475 e. The Morgan fingerprint density at radius 3 is 2.66 bits per heavy atom. The van der Waals surface area contributed by atoms with Crippen molar-refractivity contribution in [2.45, 2.75) is 26.1 Å². The molecule has 0 fully saturated rings. The number of hydrogen-bond donors (Lipinski definition) is 4. The number of fused-ring (bicyclic) bond motifs is 1. The van der Waals surface area contributed by atoms with Crippen molar-refractivity contribution in [3.8, 4) is 0 Å². The van der Waals surface area contributed by atoms with Gasteiger partial charge in [-0.05, 0) is 24.6 Å². The van der Waals surface area contributed by atoms with Crippen LogP contribution in [0, 0.1) is 0 Å². The average molecular weight is 393 g/mol. The molecule has 1 aromatic carbocycles. The third-order valence-corrected chi connectivity index (χ3v) is 4.73. The van der Waals surface area contributed by atoms with Crippen molar-refractivity contribution in [1.29, 1.82) is 0 Å². The van der Waals surface area contributed by atoms with Crippen LogP contribution in [0.4, 0.5) is 0 Å². The molecule has 0 bridgehead atoms. The van der Waals surface area contributed by atoms with Crippen molar-refractivity contribution in [2.75, 3.05) is 0 Å². The summed E-state index contributed by atoms with van der Waals surface area (Å²) < 4.78 is 0. The lowest BCUT2D eigenvalue weighted by Gasteiger charge is -2.27. The van der Waals surface area contributed by atoms with Crippen LogP contribution in [0.5, 0.6) is 0 Å². The van der Waals surface area contributed by atoms with Gasteiger partial charge >= 0.3 is 5.97 Å². The van der Waals surface area contributed by atoms with E-state index in [1.165, 1.54) is 0 Å². The lowest BCUT2D eigenvalue weighted by Crippen LogP contribution is -2.27. The maximum absolute atomic E-state index is 12.3. The number of nitrogens with zero attached hydrogens (tertiary/aromatic N) is 4. The molecule has 0 saturated carbocycles. The standard InChI is InChI=1S/C19H19N7O3/c1-11(16-22-6-7-23-16)26(10-15-20-4-5-21-15)9-12-2-3-14-13(8-12)18(27)25-17(24-14)19(28)29/h2-8,11H,9-10H2,1H3,(H,20,21)(H,22,23)(H,28,29)(H,24,25,27). The molecule has 10 heteroatoms. The third kappa shape index (κ3) is 3.92. The molecule has 3 aromatic heterocycles. The number of carboxylic acids is 1. The molecule has 4 rings (SSSR count). The minimum atomic E-state index is -1.27. The molecule has 0 amide bonds. The summed E-state index contributed by atoms with van der Waals surface area (Å²) in [5, 5.41) is 9.40. The molecule has 29 heavy (non-hydrogen) atoms. The molecule has 10 nitrogen and oxygen atoms in total. The highest BCUT2D eigenvalue weighted by atomic mass is 16.4. The predicted molar refractivity (Wildman–Crippen MR) is 104 cm³/mol. The first-order chi connectivity index (χ1) is 14.0. The number of aromatic amines is 3. The summed E-state index contributed by atoms with van der Waals surface area (Å²) in [6, 6.07) is 5.20. The van der Waals surface area contributed by atoms with Gasteiger partial charge < -0.3 is 20.1 Å². The summed E-state index contributed by atoms with van der Waals surface area (Å²) in [6.07, 6.45) is 6.95. The second-order valence-electron chi connectivity index (χ2n) is 6.66. The highest BCUT2D eigenvalue weighted by Gasteiger charge is 2.20. The van der Waals surface area contributed by atoms with Gasteiger partial charge in [0.05, 0.1) is 23.5 Å². The molecule has 0 aliphatic rings. The molecule has 1 atom stereocenters. The number of carboxylic acid groups (broad SMARTS) is 1. The fraction of sp³-hybridized carbons (Fsp3) is 0.211. The topological polar surface area (TPSA) is 144 Å². The van der Waals surface area contributed by atoms with E-state index in [0.717, 1.165) is 17.2 Å². The zero-order chi connectivity index (χ0) is 20.4. The van der Waals surface area contributed by atoms with Crippen LogP contribution >= 0.6 is 0 Å². The van der Waals surface area contributed by atoms with Crippen molar-refractivity contribution < 1.29 is 9.90 Å². The Bertz CT molecular complexity index is 1180. The zero-order valence-corrected chi connectivity index (χ0v) is 15.6. The van der Waals surface area contributed by atoms with Crippen LogP contribution in [0.1, 0.15) is 40.8 Å². The van der Waals surface area contributed by atoms with Crippen LogP contribution in [0.2, 0.25) is 0 Å². The normalized spacial score (nSPS) is 12.5. The first-order valence-electron chi connectivity index (χ1n) is 8.99. The molecule has 1 unspecified atom stereocenters. The van der Waals surface area contributed by atoms with Crippen molar-refractivity contribution in [2.24, 2.45) is 0 Å². The number of aromatic carboxylic acids is 1. The number of nitrogens with one attached hydrogen (secondary N) is 3. The second kappa shape index (κ2) is 7.68. The van der Waals surface area contributed by atoms with E-state index in [2.05, 4.69) is 34.8 Å². The smallest absolute Gasteiger partial charge is 0.372 e. The van der Waals surface area contributed by atoms with Gasteiger partial charge in [0.2, 0.25) is 5.82 Å². The molecule has 0 radical (unpaired) electrons.